The molecule has 1 unspecified atom stereocenters. The highest BCUT2D eigenvalue weighted by molar-refractivity contribution is 5.83. The smallest absolute Gasteiger partial charge is 0.227 e. The third kappa shape index (κ3) is 3.52. The first-order valence-electron chi connectivity index (χ1n) is 8.76. The molecule has 1 aromatic rings. The molecule has 0 radical (unpaired) electrons. The molecule has 2 fully saturated rings. The van der Waals surface area contributed by atoms with Crippen molar-refractivity contribution in [3.8, 4) is 0 Å². The van der Waals surface area contributed by atoms with Crippen molar-refractivity contribution in [2.24, 2.45) is 5.41 Å². The summed E-state index contributed by atoms with van der Waals surface area (Å²) in [6.07, 6.45) is 3.40. The molecule has 2 aliphatic heterocycles. The first-order chi connectivity index (χ1) is 10.9. The molecule has 126 valence electrons. The van der Waals surface area contributed by atoms with Crippen molar-refractivity contribution in [3.63, 3.8) is 0 Å². The molecule has 1 amide bonds. The molecule has 3 rings (SSSR count). The van der Waals surface area contributed by atoms with Crippen LogP contribution in [0.3, 0.4) is 0 Å². The summed E-state index contributed by atoms with van der Waals surface area (Å²) < 4.78 is 0. The van der Waals surface area contributed by atoms with E-state index in [-0.39, 0.29) is 16.9 Å². The molecular formula is C19H29N3O. The fourth-order valence-electron chi connectivity index (χ4n) is 4.01. The molecule has 0 spiro atoms. The molecule has 0 bridgehead atoms. The maximum absolute atomic E-state index is 12.7. The van der Waals surface area contributed by atoms with E-state index in [9.17, 15) is 4.79 Å². The van der Waals surface area contributed by atoms with Gasteiger partial charge in [-0.05, 0) is 51.7 Å². The maximum Gasteiger partial charge on any atom is 0.227 e. The highest BCUT2D eigenvalue weighted by Crippen LogP contribution is 2.34. The van der Waals surface area contributed by atoms with E-state index in [0.29, 0.717) is 6.54 Å². The average molecular weight is 315 g/mol. The van der Waals surface area contributed by atoms with Crippen LogP contribution in [0.4, 0.5) is 5.69 Å². The molecule has 2 heterocycles. The van der Waals surface area contributed by atoms with Crippen LogP contribution < -0.4 is 15.5 Å². The van der Waals surface area contributed by atoms with Gasteiger partial charge in [-0.3, -0.25) is 4.79 Å². The van der Waals surface area contributed by atoms with Crippen LogP contribution in [-0.2, 0) is 11.3 Å². The van der Waals surface area contributed by atoms with Crippen LogP contribution >= 0.6 is 0 Å². The Morgan fingerprint density at radius 3 is 2.57 bits per heavy atom. The van der Waals surface area contributed by atoms with Gasteiger partial charge < -0.3 is 15.5 Å². The molecule has 1 aromatic carbocycles. The summed E-state index contributed by atoms with van der Waals surface area (Å²) in [7, 11) is 0. The number of rotatable bonds is 4. The van der Waals surface area contributed by atoms with E-state index in [2.05, 4.69) is 60.6 Å². The minimum Gasteiger partial charge on any atom is -0.371 e. The Morgan fingerprint density at radius 1 is 1.22 bits per heavy atom. The van der Waals surface area contributed by atoms with Gasteiger partial charge in [0.15, 0.2) is 0 Å². The molecule has 23 heavy (non-hydrogen) atoms. The quantitative estimate of drug-likeness (QED) is 0.898. The first-order valence-corrected chi connectivity index (χ1v) is 8.76. The SMILES string of the molecule is CC1(C)CC(C)(C(=O)NCc2ccccc2N2CCCC2)CN1. The summed E-state index contributed by atoms with van der Waals surface area (Å²) in [6.45, 7) is 10.0. The third-order valence-electron chi connectivity index (χ3n) is 5.22. The fraction of sp³-hybridized carbons (Fsp3) is 0.632. The first kappa shape index (κ1) is 16.3. The summed E-state index contributed by atoms with van der Waals surface area (Å²) in [5.41, 5.74) is 2.22. The Labute approximate surface area is 139 Å². The number of nitrogens with zero attached hydrogens (tertiary/aromatic N) is 1. The molecule has 0 saturated carbocycles. The lowest BCUT2D eigenvalue weighted by atomic mass is 9.83. The van der Waals surface area contributed by atoms with Crippen molar-refractivity contribution in [1.82, 2.24) is 10.6 Å². The van der Waals surface area contributed by atoms with E-state index in [0.717, 1.165) is 26.1 Å². The largest absolute Gasteiger partial charge is 0.371 e. The molecular weight excluding hydrogens is 286 g/mol. The number of benzene rings is 1. The van der Waals surface area contributed by atoms with Crippen LogP contribution in [0.25, 0.3) is 0 Å². The van der Waals surface area contributed by atoms with Gasteiger partial charge in [-0.2, -0.15) is 0 Å². The van der Waals surface area contributed by atoms with Crippen LogP contribution in [0.1, 0.15) is 45.6 Å². The molecule has 2 N–H and O–H groups in total. The van der Waals surface area contributed by atoms with Crippen molar-refractivity contribution in [2.45, 2.75) is 52.1 Å². The van der Waals surface area contributed by atoms with Crippen molar-refractivity contribution >= 4 is 11.6 Å². The van der Waals surface area contributed by atoms with Crippen LogP contribution in [-0.4, -0.2) is 31.1 Å². The number of hydrogen-bond acceptors (Lipinski definition) is 3. The van der Waals surface area contributed by atoms with Gasteiger partial charge in [-0.15, -0.1) is 0 Å². The zero-order valence-corrected chi connectivity index (χ0v) is 14.6. The fourth-order valence-corrected chi connectivity index (χ4v) is 4.01. The summed E-state index contributed by atoms with van der Waals surface area (Å²) in [5, 5.41) is 6.63. The molecule has 0 aromatic heterocycles. The minimum atomic E-state index is -0.313. The maximum atomic E-state index is 12.7. The van der Waals surface area contributed by atoms with Crippen LogP contribution in [0.5, 0.6) is 0 Å². The number of carbonyl (C=O) groups is 1. The van der Waals surface area contributed by atoms with Gasteiger partial charge in [-0.1, -0.05) is 18.2 Å². The van der Waals surface area contributed by atoms with E-state index in [1.807, 2.05) is 0 Å². The summed E-state index contributed by atoms with van der Waals surface area (Å²) in [4.78, 5) is 15.1. The van der Waals surface area contributed by atoms with Gasteiger partial charge in [0.1, 0.15) is 0 Å². The predicted octanol–water partition coefficient (Wildman–Crippen LogP) is 2.68. The topological polar surface area (TPSA) is 44.4 Å². The zero-order valence-electron chi connectivity index (χ0n) is 14.6. The van der Waals surface area contributed by atoms with Crippen molar-refractivity contribution in [3.05, 3.63) is 29.8 Å². The third-order valence-corrected chi connectivity index (χ3v) is 5.22. The molecule has 4 nitrogen and oxygen atoms in total. The van der Waals surface area contributed by atoms with Gasteiger partial charge >= 0.3 is 0 Å². The Balaban J connectivity index is 1.66. The standard InChI is InChI=1S/C19H29N3O/c1-18(2)13-19(3,14-21-18)17(23)20-12-15-8-4-5-9-16(15)22-10-6-7-11-22/h4-5,8-9,21H,6-7,10-14H2,1-3H3,(H,20,23). The lowest BCUT2D eigenvalue weighted by Gasteiger charge is -2.25. The Hall–Kier alpha value is -1.55. The van der Waals surface area contributed by atoms with Crippen LogP contribution in [0, 0.1) is 5.41 Å². The molecule has 4 heteroatoms. The number of para-hydroxylation sites is 1. The van der Waals surface area contributed by atoms with Crippen LogP contribution in [0.2, 0.25) is 0 Å². The highest BCUT2D eigenvalue weighted by Gasteiger charge is 2.44. The van der Waals surface area contributed by atoms with E-state index in [4.69, 9.17) is 0 Å². The average Bonchev–Trinajstić information content (AvgIpc) is 3.13. The predicted molar refractivity (Wildman–Crippen MR) is 94.5 cm³/mol. The Kier molecular flexibility index (Phi) is 4.37. The summed E-state index contributed by atoms with van der Waals surface area (Å²) >= 11 is 0. The van der Waals surface area contributed by atoms with Crippen molar-refractivity contribution in [1.29, 1.82) is 0 Å². The zero-order chi connectivity index (χ0) is 16.5. The van der Waals surface area contributed by atoms with Gasteiger partial charge in [0, 0.05) is 37.4 Å². The molecule has 2 saturated heterocycles. The number of nitrogens with one attached hydrogen (secondary N) is 2. The lowest BCUT2D eigenvalue weighted by molar-refractivity contribution is -0.129. The Morgan fingerprint density at radius 2 is 1.91 bits per heavy atom. The number of hydrogen-bond donors (Lipinski definition) is 2. The monoisotopic (exact) mass is 315 g/mol. The molecule has 2 aliphatic rings. The van der Waals surface area contributed by atoms with E-state index in [1.165, 1.54) is 24.1 Å². The summed E-state index contributed by atoms with van der Waals surface area (Å²) in [6, 6.07) is 8.45. The van der Waals surface area contributed by atoms with Crippen molar-refractivity contribution < 1.29 is 4.79 Å². The minimum absolute atomic E-state index is 0.0412. The number of amides is 1. The number of carbonyl (C=O) groups excluding carboxylic acids is 1. The van der Waals surface area contributed by atoms with E-state index >= 15 is 0 Å². The summed E-state index contributed by atoms with van der Waals surface area (Å²) in [5.74, 6) is 0.159. The normalized spacial score (nSPS) is 26.5. The van der Waals surface area contributed by atoms with E-state index in [1.54, 1.807) is 0 Å². The Bertz CT molecular complexity index is 578. The lowest BCUT2D eigenvalue weighted by Crippen LogP contribution is -2.40. The molecule has 1 atom stereocenters. The van der Waals surface area contributed by atoms with Gasteiger partial charge in [-0.25, -0.2) is 0 Å². The van der Waals surface area contributed by atoms with Crippen LogP contribution in [0.15, 0.2) is 24.3 Å². The van der Waals surface area contributed by atoms with Gasteiger partial charge in [0.05, 0.1) is 5.41 Å². The van der Waals surface area contributed by atoms with E-state index < -0.39 is 0 Å². The highest BCUT2D eigenvalue weighted by atomic mass is 16.2. The second kappa shape index (κ2) is 6.16. The van der Waals surface area contributed by atoms with Gasteiger partial charge in [0.25, 0.3) is 0 Å². The van der Waals surface area contributed by atoms with Crippen molar-refractivity contribution in [2.75, 3.05) is 24.5 Å². The number of anilines is 1. The van der Waals surface area contributed by atoms with Gasteiger partial charge in [0.2, 0.25) is 5.91 Å². The molecule has 0 aliphatic carbocycles. The second-order valence-electron chi connectivity index (χ2n) is 7.98. The second-order valence-corrected chi connectivity index (χ2v) is 7.98.